The van der Waals surface area contributed by atoms with Crippen molar-refractivity contribution >= 4 is 29.1 Å². The van der Waals surface area contributed by atoms with Gasteiger partial charge in [-0.25, -0.2) is 13.6 Å². The van der Waals surface area contributed by atoms with E-state index in [9.17, 15) is 27.9 Å². The normalized spacial score (nSPS) is 14.3. The molecule has 10 heteroatoms. The Morgan fingerprint density at radius 2 is 1.65 bits per heavy atom. The van der Waals surface area contributed by atoms with Gasteiger partial charge in [0, 0.05) is 11.6 Å². The summed E-state index contributed by atoms with van der Waals surface area (Å²) in [5.41, 5.74) is 2.55. The predicted octanol–water partition coefficient (Wildman–Crippen LogP) is 7.93. The number of anilines is 1. The predicted molar refractivity (Wildman–Crippen MR) is 145 cm³/mol. The monoisotopic (exact) mass is 567 g/mol. The molecule has 0 saturated heterocycles. The van der Waals surface area contributed by atoms with E-state index in [2.05, 4.69) is 5.32 Å². The van der Waals surface area contributed by atoms with E-state index in [1.807, 2.05) is 24.3 Å². The average molecular weight is 568 g/mol. The molecule has 0 radical (unpaired) electrons. The van der Waals surface area contributed by atoms with Gasteiger partial charge in [0.1, 0.15) is 11.9 Å². The molecule has 0 spiro atoms. The second-order valence-corrected chi connectivity index (χ2v) is 10.5. The molecule has 206 valence electrons. The highest BCUT2D eigenvalue weighted by Crippen LogP contribution is 2.49. The van der Waals surface area contributed by atoms with E-state index in [-0.39, 0.29) is 11.3 Å². The molecule has 6 nitrogen and oxygen atoms in total. The molecule has 0 aliphatic heterocycles. The fourth-order valence-corrected chi connectivity index (χ4v) is 5.43. The van der Waals surface area contributed by atoms with E-state index < -0.39 is 40.3 Å². The number of rotatable bonds is 8. The van der Waals surface area contributed by atoms with Crippen LogP contribution >= 0.6 is 11.3 Å². The molecule has 0 bridgehead atoms. The van der Waals surface area contributed by atoms with Crippen molar-refractivity contribution in [3.8, 4) is 27.3 Å². The van der Waals surface area contributed by atoms with Crippen LogP contribution in [0, 0.1) is 16.8 Å². The number of amides is 1. The smallest absolute Gasteiger partial charge is 0.412 e. The van der Waals surface area contributed by atoms with Crippen molar-refractivity contribution in [2.45, 2.75) is 31.3 Å². The van der Waals surface area contributed by atoms with Crippen LogP contribution in [0.5, 0.6) is 5.75 Å². The minimum Gasteiger partial charge on any atom is -0.496 e. The third-order valence-corrected chi connectivity index (χ3v) is 7.98. The zero-order valence-electron chi connectivity index (χ0n) is 21.5. The first-order valence-electron chi connectivity index (χ1n) is 12.4. The SMILES string of the molecule is COc1cc(-c2sc(F)cc2NC(=O)OC(C)c2ccc(F)c(F)c2)ccc1-c1ccc(C2(C(=O)O)CC2)cc1. The van der Waals surface area contributed by atoms with Gasteiger partial charge in [-0.05, 0) is 60.2 Å². The number of hydrogen-bond donors (Lipinski definition) is 2. The molecule has 1 atom stereocenters. The molecule has 1 heterocycles. The second kappa shape index (κ2) is 10.7. The van der Waals surface area contributed by atoms with E-state index >= 15 is 0 Å². The third kappa shape index (κ3) is 5.27. The number of nitrogens with one attached hydrogen (secondary N) is 1. The Bertz CT molecular complexity index is 1600. The van der Waals surface area contributed by atoms with E-state index in [0.717, 1.165) is 40.2 Å². The third-order valence-electron chi connectivity index (χ3n) is 7.01. The Labute approximate surface area is 232 Å². The maximum absolute atomic E-state index is 14.3. The molecule has 40 heavy (non-hydrogen) atoms. The van der Waals surface area contributed by atoms with Crippen molar-refractivity contribution in [3.05, 3.63) is 94.6 Å². The van der Waals surface area contributed by atoms with Gasteiger partial charge in [-0.1, -0.05) is 42.5 Å². The summed E-state index contributed by atoms with van der Waals surface area (Å²) in [4.78, 5) is 24.6. The molecular formula is C30H24F3NO5S. The van der Waals surface area contributed by atoms with Crippen LogP contribution in [0.1, 0.15) is 37.0 Å². The summed E-state index contributed by atoms with van der Waals surface area (Å²) in [5.74, 6) is -2.39. The summed E-state index contributed by atoms with van der Waals surface area (Å²) in [6, 6.07) is 17.0. The Hall–Kier alpha value is -4.31. The lowest BCUT2D eigenvalue weighted by Crippen LogP contribution is -2.19. The number of carbonyl (C=O) groups is 2. The van der Waals surface area contributed by atoms with E-state index in [0.29, 0.717) is 29.0 Å². The minimum atomic E-state index is -1.06. The molecule has 1 amide bonds. The van der Waals surface area contributed by atoms with Crippen LogP contribution in [0.2, 0.25) is 0 Å². The number of thiophene rings is 1. The van der Waals surface area contributed by atoms with E-state index in [1.54, 1.807) is 18.2 Å². The average Bonchev–Trinajstić information content (AvgIpc) is 3.67. The first kappa shape index (κ1) is 27.3. The molecule has 1 aliphatic carbocycles. The van der Waals surface area contributed by atoms with Crippen LogP contribution in [0.15, 0.2) is 66.7 Å². The Morgan fingerprint density at radius 1 is 0.950 bits per heavy atom. The Balaban J connectivity index is 1.35. The van der Waals surface area contributed by atoms with Gasteiger partial charge >= 0.3 is 12.1 Å². The van der Waals surface area contributed by atoms with Gasteiger partial charge < -0.3 is 14.6 Å². The molecular weight excluding hydrogens is 543 g/mol. The zero-order chi connectivity index (χ0) is 28.6. The summed E-state index contributed by atoms with van der Waals surface area (Å²) < 4.78 is 52.0. The van der Waals surface area contributed by atoms with Gasteiger partial charge in [0.15, 0.2) is 16.8 Å². The summed E-state index contributed by atoms with van der Waals surface area (Å²) >= 11 is 0.824. The standard InChI is InChI=1S/C30H24F3NO5S/c1-16(18-6-10-22(31)23(32)13-18)39-29(37)34-24-15-26(33)40-27(24)19-5-9-21(25(14-19)38-2)17-3-7-20(8-4-17)30(11-12-30)28(35)36/h3-10,13-16H,11-12H2,1-2H3,(H,34,37)(H,35,36). The molecule has 1 unspecified atom stereocenters. The molecule has 3 aromatic carbocycles. The Morgan fingerprint density at radius 3 is 2.27 bits per heavy atom. The van der Waals surface area contributed by atoms with Crippen molar-refractivity contribution in [3.63, 3.8) is 0 Å². The number of ether oxygens (including phenoxy) is 2. The van der Waals surface area contributed by atoms with Crippen molar-refractivity contribution in [1.82, 2.24) is 0 Å². The second-order valence-electron chi connectivity index (χ2n) is 9.52. The quantitative estimate of drug-likeness (QED) is 0.226. The van der Waals surface area contributed by atoms with Gasteiger partial charge in [0.25, 0.3) is 0 Å². The van der Waals surface area contributed by atoms with Crippen molar-refractivity contribution in [2.24, 2.45) is 0 Å². The number of hydrogen-bond acceptors (Lipinski definition) is 5. The highest BCUT2D eigenvalue weighted by Gasteiger charge is 2.51. The number of benzene rings is 3. The van der Waals surface area contributed by atoms with Crippen molar-refractivity contribution in [1.29, 1.82) is 0 Å². The summed E-state index contributed by atoms with van der Waals surface area (Å²) in [6.07, 6.45) is -0.553. The number of halogens is 3. The lowest BCUT2D eigenvalue weighted by Gasteiger charge is -2.15. The molecule has 1 aliphatic rings. The fraction of sp³-hybridized carbons (Fsp3) is 0.200. The highest BCUT2D eigenvalue weighted by atomic mass is 32.1. The first-order valence-corrected chi connectivity index (χ1v) is 13.2. The molecule has 4 aromatic rings. The number of methoxy groups -OCH3 is 1. The number of aliphatic carboxylic acids is 1. The van der Waals surface area contributed by atoms with Gasteiger partial charge in [-0.3, -0.25) is 10.1 Å². The van der Waals surface area contributed by atoms with Gasteiger partial charge in [0.05, 0.1) is 23.1 Å². The molecule has 1 aromatic heterocycles. The van der Waals surface area contributed by atoms with Gasteiger partial charge in [-0.15, -0.1) is 11.3 Å². The Kier molecular flexibility index (Phi) is 7.29. The van der Waals surface area contributed by atoms with Gasteiger partial charge in [-0.2, -0.15) is 4.39 Å². The molecule has 1 fully saturated rings. The minimum absolute atomic E-state index is 0.174. The molecule has 1 saturated carbocycles. The van der Waals surface area contributed by atoms with Crippen LogP contribution in [0.3, 0.4) is 0 Å². The van der Waals surface area contributed by atoms with Crippen LogP contribution in [-0.4, -0.2) is 24.3 Å². The van der Waals surface area contributed by atoms with E-state index in [1.165, 1.54) is 26.2 Å². The molecule has 2 N–H and O–H groups in total. The zero-order valence-corrected chi connectivity index (χ0v) is 22.3. The van der Waals surface area contributed by atoms with E-state index in [4.69, 9.17) is 9.47 Å². The first-order chi connectivity index (χ1) is 19.1. The lowest BCUT2D eigenvalue weighted by atomic mass is 9.93. The topological polar surface area (TPSA) is 84.9 Å². The lowest BCUT2D eigenvalue weighted by molar-refractivity contribution is -0.140. The van der Waals surface area contributed by atoms with Gasteiger partial charge in [0.2, 0.25) is 0 Å². The fourth-order valence-electron chi connectivity index (χ4n) is 4.59. The van der Waals surface area contributed by atoms with Crippen LogP contribution in [0.25, 0.3) is 21.6 Å². The number of carboxylic acids is 1. The maximum atomic E-state index is 14.3. The summed E-state index contributed by atoms with van der Waals surface area (Å²) in [7, 11) is 1.51. The van der Waals surface area contributed by atoms with Crippen LogP contribution < -0.4 is 10.1 Å². The summed E-state index contributed by atoms with van der Waals surface area (Å²) in [6.45, 7) is 1.50. The number of carboxylic acid groups (broad SMARTS) is 1. The number of carbonyl (C=O) groups excluding carboxylic acids is 1. The summed E-state index contributed by atoms with van der Waals surface area (Å²) in [5, 5.41) is 11.5. The highest BCUT2D eigenvalue weighted by molar-refractivity contribution is 7.14. The van der Waals surface area contributed by atoms with Crippen LogP contribution in [0.4, 0.5) is 23.7 Å². The van der Waals surface area contributed by atoms with Crippen molar-refractivity contribution in [2.75, 3.05) is 12.4 Å². The maximum Gasteiger partial charge on any atom is 0.412 e. The molecule has 5 rings (SSSR count). The van der Waals surface area contributed by atoms with Crippen molar-refractivity contribution < 1.29 is 37.3 Å². The largest absolute Gasteiger partial charge is 0.496 e. The van der Waals surface area contributed by atoms with Crippen LogP contribution in [-0.2, 0) is 14.9 Å².